The minimum absolute atomic E-state index is 0.850. The van der Waals surface area contributed by atoms with E-state index in [4.69, 9.17) is 0 Å². The number of hydrogen-bond acceptors (Lipinski definition) is 2. The molecule has 0 saturated heterocycles. The van der Waals surface area contributed by atoms with E-state index >= 15 is 0 Å². The number of fused-ring (bicyclic) bond motifs is 1. The molecule has 0 aromatic heterocycles. The maximum atomic E-state index is 11.9. The summed E-state index contributed by atoms with van der Waals surface area (Å²) in [6.45, 7) is 3.95. The van der Waals surface area contributed by atoms with Crippen LogP contribution in [-0.2, 0) is 17.9 Å². The van der Waals surface area contributed by atoms with Crippen LogP contribution in [0.25, 0.3) is 0 Å². The molecule has 0 spiro atoms. The molecule has 2 nitrogen and oxygen atoms in total. The van der Waals surface area contributed by atoms with Crippen molar-refractivity contribution in [3.8, 4) is 0 Å². The lowest BCUT2D eigenvalue weighted by Gasteiger charge is -2.15. The van der Waals surface area contributed by atoms with Crippen LogP contribution in [0.5, 0.6) is 0 Å². The van der Waals surface area contributed by atoms with Gasteiger partial charge in [-0.2, -0.15) is 0 Å². The topological polar surface area (TPSA) is 26.3 Å². The Labute approximate surface area is 88.2 Å². The predicted octanol–water partition coefficient (Wildman–Crippen LogP) is 2.32. The molecule has 0 radical (unpaired) electrons. The summed E-state index contributed by atoms with van der Waals surface area (Å²) >= 11 is -0.904. The second kappa shape index (κ2) is 4.34. The highest BCUT2D eigenvalue weighted by Crippen LogP contribution is 2.29. The summed E-state index contributed by atoms with van der Waals surface area (Å²) in [4.78, 5) is 1.00. The van der Waals surface area contributed by atoms with Crippen LogP contribution in [-0.4, -0.2) is 15.4 Å². The fraction of sp³-hybridized carbons (Fsp3) is 0.455. The monoisotopic (exact) mass is 209 g/mol. The van der Waals surface area contributed by atoms with E-state index in [9.17, 15) is 4.55 Å². The van der Waals surface area contributed by atoms with Gasteiger partial charge >= 0.3 is 0 Å². The quantitative estimate of drug-likeness (QED) is 0.714. The highest BCUT2D eigenvalue weighted by molar-refractivity contribution is 7.89. The SMILES string of the molecule is CCCCN1Cc2ccccc2[S+]1[O-]. The highest BCUT2D eigenvalue weighted by atomic mass is 32.2. The van der Waals surface area contributed by atoms with Gasteiger partial charge in [-0.15, -0.1) is 4.31 Å². The summed E-state index contributed by atoms with van der Waals surface area (Å²) < 4.78 is 14.0. The lowest BCUT2D eigenvalue weighted by Crippen LogP contribution is -2.25. The summed E-state index contributed by atoms with van der Waals surface area (Å²) in [5, 5.41) is 0. The van der Waals surface area contributed by atoms with Crippen LogP contribution in [0.4, 0.5) is 0 Å². The van der Waals surface area contributed by atoms with E-state index in [1.165, 1.54) is 5.56 Å². The first-order valence-corrected chi connectivity index (χ1v) is 6.18. The minimum Gasteiger partial charge on any atom is -0.593 e. The Balaban J connectivity index is 2.09. The van der Waals surface area contributed by atoms with Crippen molar-refractivity contribution in [1.29, 1.82) is 0 Å². The molecule has 0 saturated carbocycles. The molecular formula is C11H15NOS. The van der Waals surface area contributed by atoms with Crippen LogP contribution >= 0.6 is 0 Å². The van der Waals surface area contributed by atoms with E-state index in [2.05, 4.69) is 13.0 Å². The fourth-order valence-corrected chi connectivity index (χ4v) is 3.07. The van der Waals surface area contributed by atoms with Gasteiger partial charge in [-0.25, -0.2) is 0 Å². The molecule has 1 heterocycles. The molecule has 0 aliphatic carbocycles. The molecule has 0 bridgehead atoms. The molecule has 0 fully saturated rings. The van der Waals surface area contributed by atoms with Crippen molar-refractivity contribution in [2.75, 3.05) is 6.54 Å². The molecule has 1 aliphatic heterocycles. The Bertz CT molecular complexity index is 316. The summed E-state index contributed by atoms with van der Waals surface area (Å²) in [7, 11) is 0. The summed E-state index contributed by atoms with van der Waals surface area (Å²) in [6, 6.07) is 8.01. The number of benzene rings is 1. The molecule has 0 N–H and O–H groups in total. The van der Waals surface area contributed by atoms with E-state index in [-0.39, 0.29) is 0 Å². The van der Waals surface area contributed by atoms with Crippen LogP contribution in [0, 0.1) is 0 Å². The number of unbranched alkanes of at least 4 members (excludes halogenated alkanes) is 1. The standard InChI is InChI=1S/C11H15NOS/c1-2-3-8-12-9-10-6-4-5-7-11(10)14(12)13/h4-7H,2-3,8-9H2,1H3. The van der Waals surface area contributed by atoms with Crippen LogP contribution in [0.3, 0.4) is 0 Å². The third-order valence-corrected chi connectivity index (χ3v) is 4.06. The number of rotatable bonds is 3. The zero-order valence-corrected chi connectivity index (χ0v) is 9.22. The third-order valence-electron chi connectivity index (χ3n) is 2.50. The lowest BCUT2D eigenvalue weighted by atomic mass is 10.2. The van der Waals surface area contributed by atoms with Gasteiger partial charge in [0.2, 0.25) is 0 Å². The van der Waals surface area contributed by atoms with Gasteiger partial charge in [0.25, 0.3) is 0 Å². The molecular weight excluding hydrogens is 194 g/mol. The second-order valence-corrected chi connectivity index (χ2v) is 5.03. The van der Waals surface area contributed by atoms with Crippen LogP contribution in [0.2, 0.25) is 0 Å². The van der Waals surface area contributed by atoms with Crippen molar-refractivity contribution in [1.82, 2.24) is 4.31 Å². The Kier molecular flexibility index (Phi) is 3.11. The molecule has 1 atom stereocenters. The molecule has 1 aromatic carbocycles. The summed E-state index contributed by atoms with van der Waals surface area (Å²) in [5.74, 6) is 0. The molecule has 1 aromatic rings. The summed E-state index contributed by atoms with van der Waals surface area (Å²) in [5.41, 5.74) is 1.22. The van der Waals surface area contributed by atoms with E-state index in [1.54, 1.807) is 0 Å². The molecule has 3 heteroatoms. The van der Waals surface area contributed by atoms with E-state index in [0.717, 1.165) is 30.8 Å². The van der Waals surface area contributed by atoms with Crippen LogP contribution in [0.15, 0.2) is 29.2 Å². The average molecular weight is 209 g/mol. The first-order valence-electron chi connectivity index (χ1n) is 5.07. The van der Waals surface area contributed by atoms with Crippen LogP contribution < -0.4 is 0 Å². The highest BCUT2D eigenvalue weighted by Gasteiger charge is 2.32. The first-order chi connectivity index (χ1) is 6.83. The van der Waals surface area contributed by atoms with Gasteiger partial charge in [0.05, 0.1) is 17.9 Å². The predicted molar refractivity (Wildman–Crippen MR) is 58.2 cm³/mol. The van der Waals surface area contributed by atoms with Crippen LogP contribution in [0.1, 0.15) is 25.3 Å². The van der Waals surface area contributed by atoms with Crippen molar-refractivity contribution in [3.63, 3.8) is 0 Å². The smallest absolute Gasteiger partial charge is 0.178 e. The van der Waals surface area contributed by atoms with Crippen molar-refractivity contribution < 1.29 is 4.55 Å². The minimum atomic E-state index is -0.904. The average Bonchev–Trinajstić information content (AvgIpc) is 2.54. The van der Waals surface area contributed by atoms with Gasteiger partial charge in [-0.1, -0.05) is 31.5 Å². The Morgan fingerprint density at radius 3 is 2.93 bits per heavy atom. The Hall–Kier alpha value is -0.510. The maximum Gasteiger partial charge on any atom is 0.178 e. The number of nitrogens with zero attached hydrogens (tertiary/aromatic N) is 1. The van der Waals surface area contributed by atoms with Gasteiger partial charge in [0.1, 0.15) is 0 Å². The second-order valence-electron chi connectivity index (χ2n) is 3.57. The lowest BCUT2D eigenvalue weighted by molar-refractivity contribution is 0.415. The van der Waals surface area contributed by atoms with Gasteiger partial charge < -0.3 is 4.55 Å². The zero-order valence-electron chi connectivity index (χ0n) is 8.40. The van der Waals surface area contributed by atoms with Gasteiger partial charge in [0.15, 0.2) is 4.90 Å². The van der Waals surface area contributed by atoms with E-state index in [1.807, 2.05) is 22.5 Å². The number of hydrogen-bond donors (Lipinski definition) is 0. The van der Waals surface area contributed by atoms with E-state index < -0.39 is 11.4 Å². The van der Waals surface area contributed by atoms with Crippen molar-refractivity contribution in [3.05, 3.63) is 29.8 Å². The Morgan fingerprint density at radius 2 is 2.21 bits per heavy atom. The van der Waals surface area contributed by atoms with Crippen molar-refractivity contribution in [2.24, 2.45) is 0 Å². The molecule has 14 heavy (non-hydrogen) atoms. The molecule has 1 unspecified atom stereocenters. The summed E-state index contributed by atoms with van der Waals surface area (Å²) in [6.07, 6.45) is 2.28. The van der Waals surface area contributed by atoms with Crippen molar-refractivity contribution in [2.45, 2.75) is 31.2 Å². The van der Waals surface area contributed by atoms with E-state index in [0.29, 0.717) is 0 Å². The van der Waals surface area contributed by atoms with Crippen molar-refractivity contribution >= 4 is 11.4 Å². The van der Waals surface area contributed by atoms with Gasteiger partial charge in [-0.3, -0.25) is 0 Å². The largest absolute Gasteiger partial charge is 0.593 e. The fourth-order valence-electron chi connectivity index (χ4n) is 1.69. The first kappa shape index (κ1) is 10.0. The van der Waals surface area contributed by atoms with Gasteiger partial charge in [-0.05, 0) is 12.5 Å². The zero-order chi connectivity index (χ0) is 9.97. The molecule has 76 valence electrons. The maximum absolute atomic E-state index is 11.9. The molecule has 2 rings (SSSR count). The van der Waals surface area contributed by atoms with Gasteiger partial charge in [0, 0.05) is 12.1 Å². The molecule has 0 amide bonds. The molecule has 1 aliphatic rings. The Morgan fingerprint density at radius 1 is 1.43 bits per heavy atom. The third kappa shape index (κ3) is 1.80. The normalized spacial score (nSPS) is 21.1.